The number of nitriles is 1. The molecule has 0 bridgehead atoms. The topological polar surface area (TPSA) is 67.6 Å². The maximum Gasteiger partial charge on any atom is 0.0991 e. The molecule has 2 aromatic rings. The van der Waals surface area contributed by atoms with E-state index in [1.54, 1.807) is 0 Å². The number of hydrogen-bond acceptors (Lipinski definition) is 3. The van der Waals surface area contributed by atoms with E-state index in [-0.39, 0.29) is 0 Å². The van der Waals surface area contributed by atoms with Crippen LogP contribution in [0, 0.1) is 25.2 Å². The summed E-state index contributed by atoms with van der Waals surface area (Å²) in [6.07, 6.45) is 0. The van der Waals surface area contributed by atoms with Crippen LogP contribution in [-0.2, 0) is 6.54 Å². The Morgan fingerprint density at radius 1 is 1.29 bits per heavy atom. The number of hydrogen-bond donors (Lipinski definition) is 1. The lowest BCUT2D eigenvalue weighted by atomic mass is 10.1. The second-order valence-electron chi connectivity index (χ2n) is 4.05. The molecule has 0 aliphatic carbocycles. The molecule has 17 heavy (non-hydrogen) atoms. The van der Waals surface area contributed by atoms with E-state index in [0.717, 1.165) is 22.6 Å². The molecule has 0 atom stereocenters. The third-order valence-corrected chi connectivity index (χ3v) is 2.85. The Kier molecular flexibility index (Phi) is 2.84. The average Bonchev–Trinajstić information content (AvgIpc) is 2.58. The van der Waals surface area contributed by atoms with Crippen molar-refractivity contribution < 1.29 is 0 Å². The predicted molar refractivity (Wildman–Crippen MR) is 66.4 cm³/mol. The lowest BCUT2D eigenvalue weighted by molar-refractivity contribution is 0.659. The van der Waals surface area contributed by atoms with Crippen molar-refractivity contribution in [1.82, 2.24) is 9.78 Å². The number of nitrogen functional groups attached to an aromatic ring is 1. The molecule has 0 aliphatic heterocycles. The summed E-state index contributed by atoms with van der Waals surface area (Å²) in [4.78, 5) is 0. The summed E-state index contributed by atoms with van der Waals surface area (Å²) >= 11 is 0. The van der Waals surface area contributed by atoms with Gasteiger partial charge < -0.3 is 5.73 Å². The summed E-state index contributed by atoms with van der Waals surface area (Å²) in [5, 5.41) is 13.1. The molecule has 0 saturated heterocycles. The van der Waals surface area contributed by atoms with Crippen LogP contribution in [-0.4, -0.2) is 9.78 Å². The highest BCUT2D eigenvalue weighted by atomic mass is 15.3. The summed E-state index contributed by atoms with van der Waals surface area (Å²) in [6.45, 7) is 4.53. The molecule has 0 spiro atoms. The fourth-order valence-corrected chi connectivity index (χ4v) is 1.72. The van der Waals surface area contributed by atoms with Crippen LogP contribution >= 0.6 is 0 Å². The summed E-state index contributed by atoms with van der Waals surface area (Å²) in [7, 11) is 0. The van der Waals surface area contributed by atoms with Gasteiger partial charge in [-0.2, -0.15) is 10.4 Å². The van der Waals surface area contributed by atoms with Crippen molar-refractivity contribution in [2.75, 3.05) is 5.73 Å². The molecule has 4 nitrogen and oxygen atoms in total. The van der Waals surface area contributed by atoms with E-state index in [1.165, 1.54) is 0 Å². The number of aromatic nitrogens is 2. The fraction of sp³-hybridized carbons (Fsp3) is 0.231. The standard InChI is InChI=1S/C13H14N4/c1-9-13(15)10(2)17(16-9)8-12-5-3-11(7-14)4-6-12/h3-6H,8,15H2,1-2H3. The van der Waals surface area contributed by atoms with Crippen molar-refractivity contribution in [2.24, 2.45) is 0 Å². The van der Waals surface area contributed by atoms with E-state index in [4.69, 9.17) is 11.0 Å². The second kappa shape index (κ2) is 4.30. The molecule has 1 heterocycles. The summed E-state index contributed by atoms with van der Waals surface area (Å²) < 4.78 is 1.88. The van der Waals surface area contributed by atoms with E-state index in [1.807, 2.05) is 42.8 Å². The lowest BCUT2D eigenvalue weighted by Gasteiger charge is -2.04. The Hall–Kier alpha value is -2.28. The molecular weight excluding hydrogens is 212 g/mol. The van der Waals surface area contributed by atoms with Gasteiger partial charge in [-0.15, -0.1) is 0 Å². The Bertz CT molecular complexity index is 573. The van der Waals surface area contributed by atoms with Gasteiger partial charge in [-0.1, -0.05) is 12.1 Å². The Labute approximate surface area is 100 Å². The first-order chi connectivity index (χ1) is 8.11. The molecule has 0 fully saturated rings. The van der Waals surface area contributed by atoms with Gasteiger partial charge in [0.15, 0.2) is 0 Å². The number of nitrogens with two attached hydrogens (primary N) is 1. The average molecular weight is 226 g/mol. The minimum absolute atomic E-state index is 0.668. The first kappa shape index (κ1) is 11.2. The van der Waals surface area contributed by atoms with Crippen LogP contribution in [0.5, 0.6) is 0 Å². The molecule has 86 valence electrons. The number of benzene rings is 1. The summed E-state index contributed by atoms with van der Waals surface area (Å²) in [5.74, 6) is 0. The van der Waals surface area contributed by atoms with Gasteiger partial charge in [0.1, 0.15) is 0 Å². The van der Waals surface area contributed by atoms with Crippen molar-refractivity contribution in [3.63, 3.8) is 0 Å². The van der Waals surface area contributed by atoms with E-state index >= 15 is 0 Å². The highest BCUT2D eigenvalue weighted by Crippen LogP contribution is 2.16. The highest BCUT2D eigenvalue weighted by Gasteiger charge is 2.08. The lowest BCUT2D eigenvalue weighted by Crippen LogP contribution is -2.04. The van der Waals surface area contributed by atoms with E-state index in [0.29, 0.717) is 12.1 Å². The smallest absolute Gasteiger partial charge is 0.0991 e. The molecule has 0 radical (unpaired) electrons. The van der Waals surface area contributed by atoms with Gasteiger partial charge in [-0.25, -0.2) is 0 Å². The van der Waals surface area contributed by atoms with Crippen LogP contribution in [0.25, 0.3) is 0 Å². The van der Waals surface area contributed by atoms with Crippen LogP contribution in [0.3, 0.4) is 0 Å². The zero-order valence-corrected chi connectivity index (χ0v) is 9.94. The molecule has 2 N–H and O–H groups in total. The van der Waals surface area contributed by atoms with Crippen molar-refractivity contribution in [2.45, 2.75) is 20.4 Å². The summed E-state index contributed by atoms with van der Waals surface area (Å²) in [6, 6.07) is 9.59. The first-order valence-electron chi connectivity index (χ1n) is 5.40. The molecular formula is C13H14N4. The van der Waals surface area contributed by atoms with Gasteiger partial charge in [0, 0.05) is 0 Å². The zero-order chi connectivity index (χ0) is 12.4. The van der Waals surface area contributed by atoms with Crippen molar-refractivity contribution in [3.05, 3.63) is 46.8 Å². The van der Waals surface area contributed by atoms with Gasteiger partial charge in [0.25, 0.3) is 0 Å². The van der Waals surface area contributed by atoms with Crippen LogP contribution in [0.4, 0.5) is 5.69 Å². The minimum atomic E-state index is 0.668. The van der Waals surface area contributed by atoms with Gasteiger partial charge >= 0.3 is 0 Å². The van der Waals surface area contributed by atoms with Crippen LogP contribution in [0.2, 0.25) is 0 Å². The molecule has 0 amide bonds. The number of aryl methyl sites for hydroxylation is 1. The third kappa shape index (κ3) is 2.13. The largest absolute Gasteiger partial charge is 0.396 e. The molecule has 4 heteroatoms. The van der Waals surface area contributed by atoms with E-state index < -0.39 is 0 Å². The van der Waals surface area contributed by atoms with Crippen LogP contribution in [0.15, 0.2) is 24.3 Å². The summed E-state index contributed by atoms with van der Waals surface area (Å²) in [5.41, 5.74) is 10.2. The highest BCUT2D eigenvalue weighted by molar-refractivity contribution is 5.47. The minimum Gasteiger partial charge on any atom is -0.396 e. The van der Waals surface area contributed by atoms with Crippen LogP contribution < -0.4 is 5.73 Å². The third-order valence-electron chi connectivity index (χ3n) is 2.85. The Morgan fingerprint density at radius 2 is 1.94 bits per heavy atom. The Morgan fingerprint density at radius 3 is 2.41 bits per heavy atom. The number of anilines is 1. The molecule has 2 rings (SSSR count). The molecule has 0 aliphatic rings. The molecule has 0 unspecified atom stereocenters. The number of nitrogens with zero attached hydrogens (tertiary/aromatic N) is 3. The van der Waals surface area contributed by atoms with Crippen molar-refractivity contribution >= 4 is 5.69 Å². The Balaban J connectivity index is 2.26. The number of rotatable bonds is 2. The molecule has 1 aromatic heterocycles. The predicted octanol–water partition coefficient (Wildman–Crippen LogP) is 2.00. The molecule has 1 aromatic carbocycles. The van der Waals surface area contributed by atoms with Gasteiger partial charge in [-0.05, 0) is 31.5 Å². The SMILES string of the molecule is Cc1nn(Cc2ccc(C#N)cc2)c(C)c1N. The van der Waals surface area contributed by atoms with E-state index in [9.17, 15) is 0 Å². The first-order valence-corrected chi connectivity index (χ1v) is 5.40. The fourth-order valence-electron chi connectivity index (χ4n) is 1.72. The van der Waals surface area contributed by atoms with Crippen molar-refractivity contribution in [1.29, 1.82) is 5.26 Å². The van der Waals surface area contributed by atoms with Crippen molar-refractivity contribution in [3.8, 4) is 6.07 Å². The van der Waals surface area contributed by atoms with Gasteiger partial charge in [0.2, 0.25) is 0 Å². The maximum atomic E-state index is 8.72. The molecule has 0 saturated carbocycles. The normalized spacial score (nSPS) is 10.2. The van der Waals surface area contributed by atoms with Crippen LogP contribution in [0.1, 0.15) is 22.5 Å². The maximum absolute atomic E-state index is 8.72. The zero-order valence-electron chi connectivity index (χ0n) is 9.94. The van der Waals surface area contributed by atoms with Gasteiger partial charge in [-0.3, -0.25) is 4.68 Å². The second-order valence-corrected chi connectivity index (χ2v) is 4.05. The van der Waals surface area contributed by atoms with E-state index in [2.05, 4.69) is 11.2 Å². The monoisotopic (exact) mass is 226 g/mol. The quantitative estimate of drug-likeness (QED) is 0.851. The van der Waals surface area contributed by atoms with Gasteiger partial charge in [0.05, 0.1) is 35.3 Å².